The first-order valence-corrected chi connectivity index (χ1v) is 11.9. The normalized spacial score (nSPS) is 31.5. The molecule has 3 heterocycles. The molecule has 2 aliphatic heterocycles. The van der Waals surface area contributed by atoms with Gasteiger partial charge in [-0.15, -0.1) is 11.8 Å². The van der Waals surface area contributed by atoms with Crippen LogP contribution in [0.1, 0.15) is 59.5 Å². The standard InChI is InChI=1S/C19H30O5SSi/c1-12(20)23-16-15-14(25-17(16)13-9-8-10-21-13)11-22-26(24-15,18(2,3)4)19(5,6)7/h8-10,14-17H,11H2,1-7H3/t14-,15-,16-,17+/m1/s1. The van der Waals surface area contributed by atoms with Crippen LogP contribution in [0.4, 0.5) is 0 Å². The Morgan fingerprint density at radius 2 is 1.88 bits per heavy atom. The Morgan fingerprint density at radius 1 is 1.23 bits per heavy atom. The number of rotatable bonds is 2. The van der Waals surface area contributed by atoms with Gasteiger partial charge >= 0.3 is 14.5 Å². The molecular formula is C19H30O5SSi. The van der Waals surface area contributed by atoms with Gasteiger partial charge in [-0.1, -0.05) is 41.5 Å². The van der Waals surface area contributed by atoms with Gasteiger partial charge in [0, 0.05) is 17.0 Å². The van der Waals surface area contributed by atoms with Crippen LogP contribution in [0.2, 0.25) is 10.1 Å². The second-order valence-electron chi connectivity index (χ2n) is 9.19. The lowest BCUT2D eigenvalue weighted by Crippen LogP contribution is -2.65. The van der Waals surface area contributed by atoms with E-state index in [0.717, 1.165) is 5.76 Å². The Morgan fingerprint density at radius 3 is 2.38 bits per heavy atom. The van der Waals surface area contributed by atoms with Crippen LogP contribution >= 0.6 is 11.8 Å². The third-order valence-corrected chi connectivity index (χ3v) is 11.8. The maximum atomic E-state index is 11.8. The highest BCUT2D eigenvalue weighted by Crippen LogP contribution is 2.59. The molecule has 0 N–H and O–H groups in total. The first-order chi connectivity index (χ1) is 12.0. The SMILES string of the molecule is CC(=O)O[C@@H]1[C@@H]2O[Si](C(C)(C)C)(C(C)(C)C)OC[C@H]2S[C@H]1c1ccco1. The summed E-state index contributed by atoms with van der Waals surface area (Å²) in [5, 5.41) is -0.161. The number of hydrogen-bond donors (Lipinski definition) is 0. The highest BCUT2D eigenvalue weighted by molar-refractivity contribution is 8.00. The van der Waals surface area contributed by atoms with Gasteiger partial charge in [-0.05, 0) is 12.1 Å². The first kappa shape index (κ1) is 20.0. The second-order valence-corrected chi connectivity index (χ2v) is 15.3. The molecule has 1 aromatic rings. The summed E-state index contributed by atoms with van der Waals surface area (Å²) in [6.07, 6.45) is 1.11. The molecule has 0 spiro atoms. The average Bonchev–Trinajstić information content (AvgIpc) is 3.12. The molecule has 0 unspecified atom stereocenters. The van der Waals surface area contributed by atoms with Crippen molar-refractivity contribution in [2.24, 2.45) is 0 Å². The van der Waals surface area contributed by atoms with Crippen LogP contribution in [0.5, 0.6) is 0 Å². The number of furan rings is 1. The Bertz CT molecular complexity index is 632. The van der Waals surface area contributed by atoms with Crippen molar-refractivity contribution < 1.29 is 22.8 Å². The zero-order valence-electron chi connectivity index (χ0n) is 16.7. The molecule has 0 aliphatic carbocycles. The number of hydrogen-bond acceptors (Lipinski definition) is 6. The predicted molar refractivity (Wildman–Crippen MR) is 104 cm³/mol. The van der Waals surface area contributed by atoms with E-state index < -0.39 is 8.56 Å². The lowest BCUT2D eigenvalue weighted by molar-refractivity contribution is -0.153. The minimum atomic E-state index is -2.61. The van der Waals surface area contributed by atoms with E-state index in [-0.39, 0.29) is 38.8 Å². The number of ether oxygens (including phenoxy) is 1. The van der Waals surface area contributed by atoms with Crippen molar-refractivity contribution in [1.29, 1.82) is 0 Å². The van der Waals surface area contributed by atoms with Crippen LogP contribution in [0.25, 0.3) is 0 Å². The van der Waals surface area contributed by atoms with Crippen LogP contribution in [0, 0.1) is 0 Å². The molecular weight excluding hydrogens is 368 g/mol. The molecule has 0 aromatic carbocycles. The number of thioether (sulfide) groups is 1. The first-order valence-electron chi connectivity index (χ1n) is 9.14. The highest BCUT2D eigenvalue weighted by Gasteiger charge is 2.65. The second kappa shape index (κ2) is 6.69. The third-order valence-electron chi connectivity index (χ3n) is 5.16. The molecule has 0 saturated carbocycles. The largest absolute Gasteiger partial charge is 0.468 e. The lowest BCUT2D eigenvalue weighted by Gasteiger charge is -2.54. The maximum absolute atomic E-state index is 11.8. The molecule has 2 fully saturated rings. The number of carbonyl (C=O) groups excluding carboxylic acids is 1. The van der Waals surface area contributed by atoms with Gasteiger partial charge in [0.2, 0.25) is 0 Å². The van der Waals surface area contributed by atoms with Crippen LogP contribution in [0.3, 0.4) is 0 Å². The van der Waals surface area contributed by atoms with Crippen molar-refractivity contribution >= 4 is 26.3 Å². The van der Waals surface area contributed by atoms with Crippen molar-refractivity contribution in [1.82, 2.24) is 0 Å². The molecule has 7 heteroatoms. The van der Waals surface area contributed by atoms with Gasteiger partial charge in [-0.2, -0.15) is 0 Å². The number of carbonyl (C=O) groups is 1. The predicted octanol–water partition coefficient (Wildman–Crippen LogP) is 4.83. The van der Waals surface area contributed by atoms with Crippen molar-refractivity contribution in [3.8, 4) is 0 Å². The smallest absolute Gasteiger partial charge is 0.349 e. The number of fused-ring (bicyclic) bond motifs is 1. The van der Waals surface area contributed by atoms with E-state index in [4.69, 9.17) is 18.0 Å². The van der Waals surface area contributed by atoms with E-state index in [0.29, 0.717) is 6.61 Å². The van der Waals surface area contributed by atoms with E-state index >= 15 is 0 Å². The van der Waals surface area contributed by atoms with Gasteiger partial charge in [0.25, 0.3) is 0 Å². The zero-order chi connectivity index (χ0) is 19.3. The molecule has 2 aliphatic rings. The van der Waals surface area contributed by atoms with Gasteiger partial charge in [0.05, 0.1) is 24.2 Å². The molecule has 5 nitrogen and oxygen atoms in total. The van der Waals surface area contributed by atoms with E-state index in [2.05, 4.69) is 41.5 Å². The van der Waals surface area contributed by atoms with E-state index in [1.165, 1.54) is 6.92 Å². The van der Waals surface area contributed by atoms with Crippen molar-refractivity contribution in [2.45, 2.75) is 81.3 Å². The molecule has 26 heavy (non-hydrogen) atoms. The molecule has 3 rings (SSSR count). The van der Waals surface area contributed by atoms with Gasteiger partial charge in [-0.25, -0.2) is 0 Å². The summed E-state index contributed by atoms with van der Waals surface area (Å²) in [7, 11) is -2.61. The monoisotopic (exact) mass is 398 g/mol. The summed E-state index contributed by atoms with van der Waals surface area (Å²) in [5.41, 5.74) is 0. The van der Waals surface area contributed by atoms with E-state index in [1.54, 1.807) is 18.0 Å². The van der Waals surface area contributed by atoms with Gasteiger partial charge in [-0.3, -0.25) is 4.79 Å². The van der Waals surface area contributed by atoms with Gasteiger partial charge in [0.1, 0.15) is 17.1 Å². The molecule has 0 radical (unpaired) electrons. The van der Waals surface area contributed by atoms with Gasteiger partial charge in [0.15, 0.2) is 0 Å². The summed E-state index contributed by atoms with van der Waals surface area (Å²) in [5.74, 6) is 0.528. The average molecular weight is 399 g/mol. The summed E-state index contributed by atoms with van der Waals surface area (Å²) in [6, 6.07) is 3.80. The Hall–Kier alpha value is -0.763. The van der Waals surface area contributed by atoms with Crippen molar-refractivity contribution in [3.05, 3.63) is 24.2 Å². The maximum Gasteiger partial charge on any atom is 0.349 e. The Kier molecular flexibility index (Phi) is 5.14. The summed E-state index contributed by atoms with van der Waals surface area (Å²) >= 11 is 1.73. The molecule has 1 aromatic heterocycles. The fraction of sp³-hybridized carbons (Fsp3) is 0.737. The molecule has 0 amide bonds. The van der Waals surface area contributed by atoms with Crippen LogP contribution in [-0.4, -0.2) is 38.6 Å². The van der Waals surface area contributed by atoms with E-state index in [9.17, 15) is 4.79 Å². The molecule has 4 atom stereocenters. The quantitative estimate of drug-likeness (QED) is 0.525. The summed E-state index contributed by atoms with van der Waals surface area (Å²) in [6.45, 7) is 15.2. The Labute approximate surface area is 161 Å². The summed E-state index contributed by atoms with van der Waals surface area (Å²) in [4.78, 5) is 11.8. The zero-order valence-corrected chi connectivity index (χ0v) is 18.5. The molecule has 146 valence electrons. The lowest BCUT2D eigenvalue weighted by atomic mass is 10.1. The summed E-state index contributed by atoms with van der Waals surface area (Å²) < 4.78 is 24.8. The van der Waals surface area contributed by atoms with Gasteiger partial charge < -0.3 is 18.0 Å². The number of esters is 1. The van der Waals surface area contributed by atoms with Crippen molar-refractivity contribution in [2.75, 3.05) is 6.61 Å². The minimum Gasteiger partial charge on any atom is -0.468 e. The topological polar surface area (TPSA) is 57.9 Å². The minimum absolute atomic E-state index is 0.0720. The van der Waals surface area contributed by atoms with Crippen LogP contribution in [-0.2, 0) is 18.4 Å². The fourth-order valence-corrected chi connectivity index (χ4v) is 11.1. The third kappa shape index (κ3) is 3.27. The fourth-order valence-electron chi connectivity index (χ4n) is 4.34. The van der Waals surface area contributed by atoms with Crippen LogP contribution < -0.4 is 0 Å². The highest BCUT2D eigenvalue weighted by atomic mass is 32.2. The van der Waals surface area contributed by atoms with Crippen LogP contribution in [0.15, 0.2) is 22.8 Å². The molecule has 0 bridgehead atoms. The Balaban J connectivity index is 1.97. The molecule has 2 saturated heterocycles. The van der Waals surface area contributed by atoms with Crippen molar-refractivity contribution in [3.63, 3.8) is 0 Å². The van der Waals surface area contributed by atoms with E-state index in [1.807, 2.05) is 12.1 Å².